The van der Waals surface area contributed by atoms with E-state index in [-0.39, 0.29) is 34.5 Å². The predicted octanol–water partition coefficient (Wildman–Crippen LogP) is 5.28. The van der Waals surface area contributed by atoms with Crippen molar-refractivity contribution in [2.24, 2.45) is 0 Å². The third kappa shape index (κ3) is 5.98. The van der Waals surface area contributed by atoms with Crippen LogP contribution in [0.15, 0.2) is 58.6 Å². The molecule has 40 heavy (non-hydrogen) atoms. The molecule has 1 aliphatic heterocycles. The number of carbonyl (C=O) groups is 1. The minimum atomic E-state index is -4.77. The van der Waals surface area contributed by atoms with Gasteiger partial charge in [-0.05, 0) is 49.2 Å². The Morgan fingerprint density at radius 3 is 2.23 bits per heavy atom. The normalized spacial score (nSPS) is 16.6. The van der Waals surface area contributed by atoms with Crippen molar-refractivity contribution in [3.8, 4) is 12.1 Å². The zero-order valence-electron chi connectivity index (χ0n) is 21.7. The molecule has 0 radical (unpaired) electrons. The molecule has 2 aromatic carbocycles. The van der Waals surface area contributed by atoms with Gasteiger partial charge >= 0.3 is 12.2 Å². The standard InChI is InChI=1S/C26H25F3N4O5S2/c1-4-5-6-12-40(37,38)33-24(21-11-10-18(15-30)13-23(21)39(3,35)36)22(16-31)17(2)32(25(33)34)20-9-7-8-19(14-20)26(27,28)29/h7-11,13-14,24H,4-6,12H2,1-3H3/t24-/m1/s1. The first kappa shape index (κ1) is 30.7. The average molecular weight is 595 g/mol. The van der Waals surface area contributed by atoms with Gasteiger partial charge in [0.1, 0.15) is 6.04 Å². The Kier molecular flexibility index (Phi) is 8.67. The third-order valence-corrected chi connectivity index (χ3v) is 9.23. The van der Waals surface area contributed by atoms with Crippen LogP contribution in [0.2, 0.25) is 0 Å². The molecule has 14 heteroatoms. The Balaban J connectivity index is 2.40. The van der Waals surface area contributed by atoms with Gasteiger partial charge in [-0.2, -0.15) is 23.7 Å². The van der Waals surface area contributed by atoms with Crippen molar-refractivity contribution in [3.05, 3.63) is 70.4 Å². The Labute approximate surface area is 230 Å². The minimum absolute atomic E-state index is 0.0616. The zero-order valence-corrected chi connectivity index (χ0v) is 23.4. The Hall–Kier alpha value is -3.88. The number of amides is 2. The summed E-state index contributed by atoms with van der Waals surface area (Å²) >= 11 is 0. The number of sulfone groups is 1. The topological polar surface area (TPSA) is 139 Å². The van der Waals surface area contributed by atoms with Crippen molar-refractivity contribution < 1.29 is 34.8 Å². The maximum Gasteiger partial charge on any atom is 0.416 e. The number of alkyl halides is 3. The van der Waals surface area contributed by atoms with Gasteiger partial charge in [-0.15, -0.1) is 0 Å². The molecule has 3 rings (SSSR count). The molecule has 9 nitrogen and oxygen atoms in total. The zero-order chi connectivity index (χ0) is 30.0. The summed E-state index contributed by atoms with van der Waals surface area (Å²) in [5.74, 6) is -0.540. The van der Waals surface area contributed by atoms with Gasteiger partial charge in [-0.25, -0.2) is 25.9 Å². The molecule has 2 aromatic rings. The number of carbonyl (C=O) groups excluding carboxylic acids is 1. The molecule has 1 aliphatic rings. The van der Waals surface area contributed by atoms with Crippen LogP contribution in [-0.2, 0) is 26.0 Å². The molecule has 1 heterocycles. The highest BCUT2D eigenvalue weighted by Crippen LogP contribution is 2.43. The predicted molar refractivity (Wildman–Crippen MR) is 140 cm³/mol. The van der Waals surface area contributed by atoms with Gasteiger partial charge in [0, 0.05) is 12.0 Å². The summed E-state index contributed by atoms with van der Waals surface area (Å²) < 4.78 is 93.5. The number of urea groups is 1. The number of rotatable bonds is 8. The van der Waals surface area contributed by atoms with Gasteiger partial charge in [0.25, 0.3) is 0 Å². The van der Waals surface area contributed by atoms with E-state index in [0.717, 1.165) is 36.6 Å². The molecule has 0 spiro atoms. The lowest BCUT2D eigenvalue weighted by Crippen LogP contribution is -2.52. The number of unbranched alkanes of at least 4 members (excludes halogenated alkanes) is 2. The quantitative estimate of drug-likeness (QED) is 0.379. The fraction of sp³-hybridized carbons (Fsp3) is 0.346. The van der Waals surface area contributed by atoms with Crippen LogP contribution in [0.1, 0.15) is 55.8 Å². The van der Waals surface area contributed by atoms with Crippen LogP contribution in [0.25, 0.3) is 0 Å². The molecule has 0 saturated carbocycles. The van der Waals surface area contributed by atoms with Crippen LogP contribution < -0.4 is 4.90 Å². The molecular weight excluding hydrogens is 569 g/mol. The van der Waals surface area contributed by atoms with E-state index in [1.807, 2.05) is 13.0 Å². The van der Waals surface area contributed by atoms with Crippen LogP contribution in [0, 0.1) is 22.7 Å². The lowest BCUT2D eigenvalue weighted by molar-refractivity contribution is -0.137. The number of nitriles is 2. The molecule has 0 aromatic heterocycles. The van der Waals surface area contributed by atoms with Crippen molar-refractivity contribution in [2.45, 2.75) is 50.2 Å². The van der Waals surface area contributed by atoms with Crippen molar-refractivity contribution in [2.75, 3.05) is 16.9 Å². The van der Waals surface area contributed by atoms with E-state index in [4.69, 9.17) is 0 Å². The second-order valence-corrected chi connectivity index (χ2v) is 13.1. The van der Waals surface area contributed by atoms with E-state index in [2.05, 4.69) is 0 Å². The minimum Gasteiger partial charge on any atom is -0.265 e. The van der Waals surface area contributed by atoms with Crippen LogP contribution in [0.4, 0.5) is 23.7 Å². The van der Waals surface area contributed by atoms with Gasteiger partial charge in [-0.1, -0.05) is 31.9 Å². The first-order valence-electron chi connectivity index (χ1n) is 12.0. The first-order valence-corrected chi connectivity index (χ1v) is 15.5. The monoisotopic (exact) mass is 594 g/mol. The second kappa shape index (κ2) is 11.3. The van der Waals surface area contributed by atoms with Gasteiger partial charge < -0.3 is 0 Å². The summed E-state index contributed by atoms with van der Waals surface area (Å²) in [4.78, 5) is 14.2. The summed E-state index contributed by atoms with van der Waals surface area (Å²) in [6.45, 7) is 3.08. The van der Waals surface area contributed by atoms with Crippen molar-refractivity contribution in [1.29, 1.82) is 10.5 Å². The van der Waals surface area contributed by atoms with E-state index in [1.165, 1.54) is 13.0 Å². The summed E-state index contributed by atoms with van der Waals surface area (Å²) in [7, 11) is -8.67. The van der Waals surface area contributed by atoms with Gasteiger partial charge in [-0.3, -0.25) is 4.90 Å². The highest BCUT2D eigenvalue weighted by atomic mass is 32.2. The van der Waals surface area contributed by atoms with Gasteiger partial charge in [0.2, 0.25) is 10.0 Å². The van der Waals surface area contributed by atoms with Crippen LogP contribution in [0.5, 0.6) is 0 Å². The Morgan fingerprint density at radius 2 is 1.68 bits per heavy atom. The lowest BCUT2D eigenvalue weighted by Gasteiger charge is -2.41. The van der Waals surface area contributed by atoms with Gasteiger partial charge in [0.15, 0.2) is 9.84 Å². The fourth-order valence-corrected chi connectivity index (χ4v) is 6.97. The summed E-state index contributed by atoms with van der Waals surface area (Å²) in [5.41, 5.74) is -2.29. The number of halogens is 3. The molecule has 0 unspecified atom stereocenters. The number of benzene rings is 2. The molecule has 212 valence electrons. The number of sulfonamides is 1. The number of hydrogen-bond donors (Lipinski definition) is 0. The Morgan fingerprint density at radius 1 is 1.00 bits per heavy atom. The second-order valence-electron chi connectivity index (χ2n) is 9.14. The van der Waals surface area contributed by atoms with E-state index in [1.54, 1.807) is 6.07 Å². The molecule has 0 N–H and O–H groups in total. The van der Waals surface area contributed by atoms with Crippen molar-refractivity contribution >= 4 is 31.6 Å². The molecule has 0 fully saturated rings. The van der Waals surface area contributed by atoms with E-state index >= 15 is 0 Å². The number of nitrogens with zero attached hydrogens (tertiary/aromatic N) is 4. The van der Waals surface area contributed by atoms with E-state index in [0.29, 0.717) is 28.1 Å². The number of anilines is 1. The summed E-state index contributed by atoms with van der Waals surface area (Å²) in [5, 5.41) is 19.5. The molecule has 1 atom stereocenters. The van der Waals surface area contributed by atoms with E-state index < -0.39 is 54.3 Å². The maximum atomic E-state index is 14.0. The van der Waals surface area contributed by atoms with Crippen LogP contribution >= 0.6 is 0 Å². The van der Waals surface area contributed by atoms with Gasteiger partial charge in [0.05, 0.1) is 45.2 Å². The highest BCUT2D eigenvalue weighted by Gasteiger charge is 2.47. The number of allylic oxidation sites excluding steroid dienone is 1. The first-order chi connectivity index (χ1) is 18.6. The summed E-state index contributed by atoms with van der Waals surface area (Å²) in [6, 6.07) is 7.64. The van der Waals surface area contributed by atoms with Crippen molar-refractivity contribution in [1.82, 2.24) is 4.31 Å². The molecule has 0 aliphatic carbocycles. The molecule has 0 saturated heterocycles. The Bertz CT molecular complexity index is 1670. The maximum absolute atomic E-state index is 14.0. The van der Waals surface area contributed by atoms with E-state index in [9.17, 15) is 45.3 Å². The smallest absolute Gasteiger partial charge is 0.265 e. The van der Waals surface area contributed by atoms with Crippen LogP contribution in [-0.4, -0.2) is 39.2 Å². The highest BCUT2D eigenvalue weighted by molar-refractivity contribution is 7.90. The summed E-state index contributed by atoms with van der Waals surface area (Å²) in [6.07, 6.45) is -2.69. The average Bonchev–Trinajstić information content (AvgIpc) is 2.87. The van der Waals surface area contributed by atoms with Crippen molar-refractivity contribution in [3.63, 3.8) is 0 Å². The number of hydrogen-bond acceptors (Lipinski definition) is 7. The fourth-order valence-electron chi connectivity index (χ4n) is 4.40. The molecular formula is C26H25F3N4O5S2. The lowest BCUT2D eigenvalue weighted by atomic mass is 9.94. The molecule has 2 amide bonds. The third-order valence-electron chi connectivity index (χ3n) is 6.31. The SMILES string of the molecule is CCCCCS(=O)(=O)N1C(=O)N(c2cccc(C(F)(F)F)c2)C(C)=C(C#N)[C@H]1c1ccc(C#N)cc1S(C)(=O)=O. The van der Waals surface area contributed by atoms with Crippen LogP contribution in [0.3, 0.4) is 0 Å². The largest absolute Gasteiger partial charge is 0.416 e. The molecule has 0 bridgehead atoms.